The Labute approximate surface area is 143 Å². The first-order chi connectivity index (χ1) is 11.6. The molecule has 24 heavy (non-hydrogen) atoms. The van der Waals surface area contributed by atoms with Crippen LogP contribution in [-0.2, 0) is 16.0 Å². The van der Waals surface area contributed by atoms with Gasteiger partial charge in [0.2, 0.25) is 5.91 Å². The van der Waals surface area contributed by atoms with E-state index in [2.05, 4.69) is 11.9 Å². The van der Waals surface area contributed by atoms with Crippen molar-refractivity contribution in [1.82, 2.24) is 9.80 Å². The number of methoxy groups -OCH3 is 2. The van der Waals surface area contributed by atoms with Crippen LogP contribution in [0, 0.1) is 5.92 Å². The lowest BCUT2D eigenvalue weighted by Crippen LogP contribution is -2.46. The molecule has 6 heteroatoms. The van der Waals surface area contributed by atoms with E-state index in [0.29, 0.717) is 30.4 Å². The van der Waals surface area contributed by atoms with Gasteiger partial charge in [-0.25, -0.2) is 0 Å². The molecule has 132 valence electrons. The van der Waals surface area contributed by atoms with Crippen molar-refractivity contribution in [2.75, 3.05) is 54.1 Å². The van der Waals surface area contributed by atoms with Gasteiger partial charge < -0.3 is 24.0 Å². The van der Waals surface area contributed by atoms with Crippen molar-refractivity contribution in [1.29, 1.82) is 0 Å². The fourth-order valence-corrected chi connectivity index (χ4v) is 3.65. The standard InChI is InChI=1S/C18H26N2O4/c1-19-8-14-9-20(15(10-19)12-24-11-14)18(21)7-13-4-5-16(22-2)17(6-13)23-3/h4-6,14-15H,7-12H2,1-3H3/t14-,15-/m0/s1. The van der Waals surface area contributed by atoms with Gasteiger partial charge in [0.15, 0.2) is 11.5 Å². The van der Waals surface area contributed by atoms with Gasteiger partial charge in [0.25, 0.3) is 0 Å². The number of amides is 1. The highest BCUT2D eigenvalue weighted by molar-refractivity contribution is 5.79. The van der Waals surface area contributed by atoms with Gasteiger partial charge in [-0.1, -0.05) is 6.07 Å². The molecule has 2 heterocycles. The molecule has 0 aromatic heterocycles. The Morgan fingerprint density at radius 2 is 1.96 bits per heavy atom. The van der Waals surface area contributed by atoms with Gasteiger partial charge in [-0.3, -0.25) is 4.79 Å². The quantitative estimate of drug-likeness (QED) is 0.823. The number of carbonyl (C=O) groups excluding carboxylic acids is 1. The van der Waals surface area contributed by atoms with Crippen LogP contribution in [0.25, 0.3) is 0 Å². The summed E-state index contributed by atoms with van der Waals surface area (Å²) in [6, 6.07) is 5.78. The summed E-state index contributed by atoms with van der Waals surface area (Å²) in [7, 11) is 5.33. The number of ether oxygens (including phenoxy) is 3. The Morgan fingerprint density at radius 3 is 2.71 bits per heavy atom. The van der Waals surface area contributed by atoms with Crippen LogP contribution in [0.2, 0.25) is 0 Å². The molecular formula is C18H26N2O4. The summed E-state index contributed by atoms with van der Waals surface area (Å²) in [5.41, 5.74) is 0.936. The second-order valence-corrected chi connectivity index (χ2v) is 6.69. The second-order valence-electron chi connectivity index (χ2n) is 6.69. The van der Waals surface area contributed by atoms with Gasteiger partial charge in [-0.15, -0.1) is 0 Å². The molecule has 1 amide bonds. The number of benzene rings is 1. The summed E-state index contributed by atoms with van der Waals surface area (Å²) in [5, 5.41) is 0. The minimum atomic E-state index is 0.134. The summed E-state index contributed by atoms with van der Waals surface area (Å²) < 4.78 is 16.3. The number of hydrogen-bond donors (Lipinski definition) is 0. The minimum Gasteiger partial charge on any atom is -0.493 e. The third kappa shape index (κ3) is 3.65. The first kappa shape index (κ1) is 17.0. The van der Waals surface area contributed by atoms with Gasteiger partial charge in [0, 0.05) is 25.6 Å². The number of hydrogen-bond acceptors (Lipinski definition) is 5. The molecule has 2 saturated heterocycles. The summed E-state index contributed by atoms with van der Waals surface area (Å²) in [4.78, 5) is 17.2. The van der Waals surface area contributed by atoms with Gasteiger partial charge in [-0.05, 0) is 24.7 Å². The molecule has 0 N–H and O–H groups in total. The lowest BCUT2D eigenvalue weighted by atomic mass is 10.1. The number of carbonyl (C=O) groups is 1. The Kier molecular flexibility index (Phi) is 5.26. The zero-order valence-electron chi connectivity index (χ0n) is 14.7. The van der Waals surface area contributed by atoms with E-state index < -0.39 is 0 Å². The molecule has 2 aliphatic rings. The van der Waals surface area contributed by atoms with Crippen LogP contribution in [0.4, 0.5) is 0 Å². The highest BCUT2D eigenvalue weighted by Crippen LogP contribution is 2.28. The predicted octanol–water partition coefficient (Wildman–Crippen LogP) is 1.04. The average molecular weight is 334 g/mol. The molecule has 0 radical (unpaired) electrons. The second kappa shape index (κ2) is 7.40. The summed E-state index contributed by atoms with van der Waals surface area (Å²) in [6.07, 6.45) is 0.368. The highest BCUT2D eigenvalue weighted by atomic mass is 16.5. The van der Waals surface area contributed by atoms with E-state index >= 15 is 0 Å². The number of nitrogens with zero attached hydrogens (tertiary/aromatic N) is 2. The van der Waals surface area contributed by atoms with Crippen molar-refractivity contribution in [2.45, 2.75) is 12.5 Å². The van der Waals surface area contributed by atoms with E-state index in [4.69, 9.17) is 14.2 Å². The van der Waals surface area contributed by atoms with E-state index in [9.17, 15) is 4.79 Å². The predicted molar refractivity (Wildman–Crippen MR) is 90.6 cm³/mol. The van der Waals surface area contributed by atoms with E-state index in [0.717, 1.165) is 31.8 Å². The monoisotopic (exact) mass is 334 g/mol. The lowest BCUT2D eigenvalue weighted by Gasteiger charge is -2.29. The van der Waals surface area contributed by atoms with E-state index in [-0.39, 0.29) is 11.9 Å². The molecule has 6 nitrogen and oxygen atoms in total. The van der Waals surface area contributed by atoms with Crippen molar-refractivity contribution in [2.24, 2.45) is 5.92 Å². The van der Waals surface area contributed by atoms with Gasteiger partial charge in [0.05, 0.1) is 39.9 Å². The molecular weight excluding hydrogens is 308 g/mol. The number of fused-ring (bicyclic) bond motifs is 3. The fraction of sp³-hybridized carbons (Fsp3) is 0.611. The van der Waals surface area contributed by atoms with Crippen LogP contribution in [0.15, 0.2) is 18.2 Å². The van der Waals surface area contributed by atoms with Gasteiger partial charge in [0.1, 0.15) is 0 Å². The van der Waals surface area contributed by atoms with E-state index in [1.807, 2.05) is 23.1 Å². The largest absolute Gasteiger partial charge is 0.493 e. The zero-order chi connectivity index (χ0) is 17.1. The zero-order valence-corrected chi connectivity index (χ0v) is 14.7. The average Bonchev–Trinajstić information content (AvgIpc) is 2.85. The first-order valence-corrected chi connectivity index (χ1v) is 8.37. The third-order valence-corrected chi connectivity index (χ3v) is 4.78. The molecule has 0 aliphatic carbocycles. The lowest BCUT2D eigenvalue weighted by molar-refractivity contribution is -0.133. The molecule has 0 spiro atoms. The number of rotatable bonds is 4. The highest BCUT2D eigenvalue weighted by Gasteiger charge is 2.34. The van der Waals surface area contributed by atoms with Crippen LogP contribution in [0.5, 0.6) is 11.5 Å². The molecule has 2 bridgehead atoms. The van der Waals surface area contributed by atoms with Crippen LogP contribution in [0.3, 0.4) is 0 Å². The maximum absolute atomic E-state index is 12.9. The van der Waals surface area contributed by atoms with Crippen LogP contribution in [0.1, 0.15) is 5.56 Å². The van der Waals surface area contributed by atoms with E-state index in [1.54, 1.807) is 14.2 Å². The smallest absolute Gasteiger partial charge is 0.227 e. The SMILES string of the molecule is COc1ccc(CC(=O)N2C[C@H]3COC[C@@H]2CN(C)C3)cc1OC. The Morgan fingerprint density at radius 1 is 1.17 bits per heavy atom. The third-order valence-electron chi connectivity index (χ3n) is 4.78. The molecule has 3 rings (SSSR count). The molecule has 0 unspecified atom stereocenters. The van der Waals surface area contributed by atoms with Crippen molar-refractivity contribution in [3.05, 3.63) is 23.8 Å². The van der Waals surface area contributed by atoms with Crippen LogP contribution in [-0.4, -0.2) is 75.9 Å². The Hall–Kier alpha value is -1.79. The van der Waals surface area contributed by atoms with Crippen LogP contribution < -0.4 is 9.47 Å². The Bertz CT molecular complexity index is 592. The van der Waals surface area contributed by atoms with Gasteiger partial charge >= 0.3 is 0 Å². The van der Waals surface area contributed by atoms with Crippen molar-refractivity contribution < 1.29 is 19.0 Å². The van der Waals surface area contributed by atoms with Crippen molar-refractivity contribution in [3.63, 3.8) is 0 Å². The molecule has 0 saturated carbocycles. The van der Waals surface area contributed by atoms with Crippen molar-refractivity contribution >= 4 is 5.91 Å². The molecule has 1 aromatic carbocycles. The summed E-state index contributed by atoms with van der Waals surface area (Å²) in [6.45, 7) is 3.99. The Balaban J connectivity index is 1.74. The molecule has 2 fully saturated rings. The summed E-state index contributed by atoms with van der Waals surface area (Å²) in [5.74, 6) is 1.87. The maximum Gasteiger partial charge on any atom is 0.227 e. The first-order valence-electron chi connectivity index (χ1n) is 8.37. The topological polar surface area (TPSA) is 51.2 Å². The molecule has 2 atom stereocenters. The van der Waals surface area contributed by atoms with Gasteiger partial charge in [-0.2, -0.15) is 0 Å². The fourth-order valence-electron chi connectivity index (χ4n) is 3.65. The minimum absolute atomic E-state index is 0.134. The summed E-state index contributed by atoms with van der Waals surface area (Å²) >= 11 is 0. The number of likely N-dealkylation sites (N-methyl/N-ethyl adjacent to an activating group) is 1. The normalized spacial score (nSPS) is 24.4. The molecule has 2 aliphatic heterocycles. The van der Waals surface area contributed by atoms with Crippen LogP contribution >= 0.6 is 0 Å². The molecule has 1 aromatic rings. The maximum atomic E-state index is 12.9. The van der Waals surface area contributed by atoms with Crippen molar-refractivity contribution in [3.8, 4) is 11.5 Å². The van der Waals surface area contributed by atoms with E-state index in [1.165, 1.54) is 0 Å².